The van der Waals surface area contributed by atoms with E-state index in [1.165, 1.54) is 6.07 Å². The van der Waals surface area contributed by atoms with Gasteiger partial charge in [-0.05, 0) is 34.5 Å². The Morgan fingerprint density at radius 1 is 1.38 bits per heavy atom. The van der Waals surface area contributed by atoms with Crippen molar-refractivity contribution < 1.29 is 9.13 Å². The maximum absolute atomic E-state index is 13.5. The summed E-state index contributed by atoms with van der Waals surface area (Å²) in [4.78, 5) is 0. The van der Waals surface area contributed by atoms with Gasteiger partial charge in [-0.15, -0.1) is 0 Å². The minimum Gasteiger partial charge on any atom is -0.383 e. The summed E-state index contributed by atoms with van der Waals surface area (Å²) >= 11 is 3.28. The van der Waals surface area contributed by atoms with Gasteiger partial charge in [0.1, 0.15) is 5.82 Å². The van der Waals surface area contributed by atoms with Gasteiger partial charge in [-0.2, -0.15) is 5.10 Å². The normalized spacial score (nSPS) is 11.0. The fourth-order valence-electron chi connectivity index (χ4n) is 2.06. The predicted molar refractivity (Wildman–Crippen MR) is 83.7 cm³/mol. The molecule has 0 amide bonds. The van der Waals surface area contributed by atoms with Crippen LogP contribution < -0.4 is 5.32 Å². The number of rotatable bonds is 7. The average molecular weight is 356 g/mol. The number of methoxy groups -OCH3 is 1. The summed E-state index contributed by atoms with van der Waals surface area (Å²) in [5.41, 5.74) is 2.99. The molecule has 0 aliphatic carbocycles. The molecule has 0 aliphatic rings. The minimum absolute atomic E-state index is 0.252. The molecule has 6 heteroatoms. The Kier molecular flexibility index (Phi) is 5.90. The fourth-order valence-corrected chi connectivity index (χ4v) is 2.45. The lowest BCUT2D eigenvalue weighted by Gasteiger charge is -2.05. The Labute approximate surface area is 132 Å². The van der Waals surface area contributed by atoms with Crippen molar-refractivity contribution >= 4 is 15.9 Å². The van der Waals surface area contributed by atoms with Gasteiger partial charge < -0.3 is 10.1 Å². The third kappa shape index (κ3) is 4.36. The molecule has 0 spiro atoms. The SMILES string of the molecule is COCCNCc1cn(Cc2cccc(F)c2Br)nc1C. The second-order valence-corrected chi connectivity index (χ2v) is 5.61. The summed E-state index contributed by atoms with van der Waals surface area (Å²) in [5.74, 6) is -0.252. The van der Waals surface area contributed by atoms with E-state index in [9.17, 15) is 4.39 Å². The first-order valence-corrected chi connectivity index (χ1v) is 7.56. The number of hydrogen-bond donors (Lipinski definition) is 1. The van der Waals surface area contributed by atoms with E-state index in [-0.39, 0.29) is 5.82 Å². The molecule has 0 saturated heterocycles. The summed E-state index contributed by atoms with van der Waals surface area (Å²) in [5, 5.41) is 7.77. The summed E-state index contributed by atoms with van der Waals surface area (Å²) in [7, 11) is 1.68. The lowest BCUT2D eigenvalue weighted by molar-refractivity contribution is 0.199. The van der Waals surface area contributed by atoms with Crippen molar-refractivity contribution in [1.82, 2.24) is 15.1 Å². The highest BCUT2D eigenvalue weighted by atomic mass is 79.9. The van der Waals surface area contributed by atoms with E-state index in [1.807, 2.05) is 23.9 Å². The largest absolute Gasteiger partial charge is 0.383 e. The number of benzene rings is 1. The molecule has 0 fully saturated rings. The van der Waals surface area contributed by atoms with E-state index in [0.29, 0.717) is 17.6 Å². The van der Waals surface area contributed by atoms with Crippen LogP contribution >= 0.6 is 15.9 Å². The van der Waals surface area contributed by atoms with E-state index in [1.54, 1.807) is 13.2 Å². The molecule has 114 valence electrons. The van der Waals surface area contributed by atoms with E-state index in [4.69, 9.17) is 4.74 Å². The molecular formula is C15H19BrFN3O. The Balaban J connectivity index is 2.03. The lowest BCUT2D eigenvalue weighted by atomic mass is 10.2. The lowest BCUT2D eigenvalue weighted by Crippen LogP contribution is -2.18. The van der Waals surface area contributed by atoms with E-state index >= 15 is 0 Å². The monoisotopic (exact) mass is 355 g/mol. The zero-order valence-electron chi connectivity index (χ0n) is 12.2. The van der Waals surface area contributed by atoms with Crippen molar-refractivity contribution in [2.24, 2.45) is 0 Å². The molecule has 2 aromatic rings. The Morgan fingerprint density at radius 2 is 2.19 bits per heavy atom. The van der Waals surface area contributed by atoms with Crippen LogP contribution in [0.2, 0.25) is 0 Å². The van der Waals surface area contributed by atoms with Crippen LogP contribution in [0.15, 0.2) is 28.9 Å². The maximum atomic E-state index is 13.5. The fraction of sp³-hybridized carbons (Fsp3) is 0.400. The second kappa shape index (κ2) is 7.68. The molecular weight excluding hydrogens is 337 g/mol. The molecule has 2 rings (SSSR count). The highest BCUT2D eigenvalue weighted by Crippen LogP contribution is 2.21. The highest BCUT2D eigenvalue weighted by Gasteiger charge is 2.09. The predicted octanol–water partition coefficient (Wildman–Crippen LogP) is 2.88. The summed E-state index contributed by atoms with van der Waals surface area (Å²) in [6.45, 7) is 4.75. The van der Waals surface area contributed by atoms with E-state index < -0.39 is 0 Å². The number of nitrogens with one attached hydrogen (secondary N) is 1. The first kappa shape index (κ1) is 16.1. The van der Waals surface area contributed by atoms with Gasteiger partial charge in [0.05, 0.1) is 23.3 Å². The molecule has 0 atom stereocenters. The molecule has 1 aromatic heterocycles. The Hall–Kier alpha value is -1.24. The molecule has 1 aromatic carbocycles. The van der Waals surface area contributed by atoms with Crippen LogP contribution in [0.4, 0.5) is 4.39 Å². The van der Waals surface area contributed by atoms with Gasteiger partial charge >= 0.3 is 0 Å². The van der Waals surface area contributed by atoms with Gasteiger partial charge in [-0.1, -0.05) is 12.1 Å². The van der Waals surface area contributed by atoms with Crippen molar-refractivity contribution in [1.29, 1.82) is 0 Å². The van der Waals surface area contributed by atoms with Gasteiger partial charge in [0.15, 0.2) is 0 Å². The van der Waals surface area contributed by atoms with Crippen LogP contribution in [0, 0.1) is 12.7 Å². The number of ether oxygens (including phenoxy) is 1. The molecule has 21 heavy (non-hydrogen) atoms. The number of aromatic nitrogens is 2. The molecule has 4 nitrogen and oxygen atoms in total. The topological polar surface area (TPSA) is 39.1 Å². The van der Waals surface area contributed by atoms with E-state index in [0.717, 1.165) is 29.9 Å². The van der Waals surface area contributed by atoms with Crippen LogP contribution in [0.1, 0.15) is 16.8 Å². The first-order valence-electron chi connectivity index (χ1n) is 6.77. The van der Waals surface area contributed by atoms with Gasteiger partial charge in [0.2, 0.25) is 0 Å². The summed E-state index contributed by atoms with van der Waals surface area (Å²) in [6.07, 6.45) is 1.99. The number of halogens is 2. The molecule has 0 unspecified atom stereocenters. The zero-order valence-corrected chi connectivity index (χ0v) is 13.8. The van der Waals surface area contributed by atoms with Crippen LogP contribution in [0.25, 0.3) is 0 Å². The molecule has 1 N–H and O–H groups in total. The molecule has 0 bridgehead atoms. The smallest absolute Gasteiger partial charge is 0.137 e. The van der Waals surface area contributed by atoms with Crippen molar-refractivity contribution in [2.45, 2.75) is 20.0 Å². The van der Waals surface area contributed by atoms with Crippen LogP contribution in [-0.2, 0) is 17.8 Å². The average Bonchev–Trinajstić information content (AvgIpc) is 2.80. The summed E-state index contributed by atoms with van der Waals surface area (Å²) in [6, 6.07) is 5.03. The van der Waals surface area contributed by atoms with Crippen LogP contribution in [-0.4, -0.2) is 30.0 Å². The van der Waals surface area contributed by atoms with Crippen molar-refractivity contribution in [2.75, 3.05) is 20.3 Å². The van der Waals surface area contributed by atoms with Crippen LogP contribution in [0.3, 0.4) is 0 Å². The number of nitrogens with zero attached hydrogens (tertiary/aromatic N) is 2. The maximum Gasteiger partial charge on any atom is 0.137 e. The third-order valence-corrected chi connectivity index (χ3v) is 4.10. The quantitative estimate of drug-likeness (QED) is 0.776. The summed E-state index contributed by atoms with van der Waals surface area (Å²) < 4.78 is 20.8. The number of aryl methyl sites for hydroxylation is 1. The van der Waals surface area contributed by atoms with Gasteiger partial charge in [-0.25, -0.2) is 4.39 Å². The Morgan fingerprint density at radius 3 is 2.95 bits per heavy atom. The van der Waals surface area contributed by atoms with E-state index in [2.05, 4.69) is 26.3 Å². The third-order valence-electron chi connectivity index (χ3n) is 3.21. The number of hydrogen-bond acceptors (Lipinski definition) is 3. The van der Waals surface area contributed by atoms with Crippen molar-refractivity contribution in [3.8, 4) is 0 Å². The minimum atomic E-state index is -0.252. The Bertz CT molecular complexity index is 601. The zero-order chi connectivity index (χ0) is 15.2. The molecule has 0 saturated carbocycles. The van der Waals surface area contributed by atoms with Crippen molar-refractivity contribution in [3.05, 3.63) is 51.5 Å². The second-order valence-electron chi connectivity index (χ2n) is 4.82. The first-order chi connectivity index (χ1) is 10.1. The molecule has 0 radical (unpaired) electrons. The molecule has 1 heterocycles. The standard InChI is InChI=1S/C15H19BrFN3O/c1-11-13(8-18-6-7-21-2)10-20(19-11)9-12-4-3-5-14(17)15(12)16/h3-5,10,18H,6-9H2,1-2H3. The highest BCUT2D eigenvalue weighted by molar-refractivity contribution is 9.10. The van der Waals surface area contributed by atoms with Gasteiger partial charge in [-0.3, -0.25) is 4.68 Å². The van der Waals surface area contributed by atoms with Gasteiger partial charge in [0.25, 0.3) is 0 Å². The van der Waals surface area contributed by atoms with Crippen molar-refractivity contribution in [3.63, 3.8) is 0 Å². The van der Waals surface area contributed by atoms with Crippen LogP contribution in [0.5, 0.6) is 0 Å². The van der Waals surface area contributed by atoms with Gasteiger partial charge in [0, 0.05) is 32.0 Å². The molecule has 0 aliphatic heterocycles.